The summed E-state index contributed by atoms with van der Waals surface area (Å²) in [6.07, 6.45) is 0.626. The first-order valence-corrected chi connectivity index (χ1v) is 8.74. The molecule has 0 spiro atoms. The molecule has 2 rings (SSSR count). The molecular formula is C14H17FN2O2S2. The SMILES string of the molecule is CN(CCc1cccs1)S(=O)(=O)c1cc(F)ccc1CN. The second-order valence-electron chi connectivity index (χ2n) is 4.61. The zero-order valence-electron chi connectivity index (χ0n) is 11.6. The first-order valence-electron chi connectivity index (χ1n) is 6.42. The fourth-order valence-electron chi connectivity index (χ4n) is 1.95. The lowest BCUT2D eigenvalue weighted by atomic mass is 10.2. The molecule has 0 unspecified atom stereocenters. The predicted octanol–water partition coefficient (Wildman–Crippen LogP) is 2.21. The summed E-state index contributed by atoms with van der Waals surface area (Å²) in [5, 5.41) is 1.95. The average molecular weight is 328 g/mol. The van der Waals surface area contributed by atoms with Crippen LogP contribution in [0.1, 0.15) is 10.4 Å². The van der Waals surface area contributed by atoms with Crippen LogP contribution in [0.5, 0.6) is 0 Å². The second-order valence-corrected chi connectivity index (χ2v) is 7.66. The predicted molar refractivity (Wildman–Crippen MR) is 82.1 cm³/mol. The molecule has 2 aromatic rings. The van der Waals surface area contributed by atoms with Crippen molar-refractivity contribution in [3.8, 4) is 0 Å². The molecule has 0 atom stereocenters. The minimum absolute atomic E-state index is 0.0492. The molecular weight excluding hydrogens is 311 g/mol. The summed E-state index contributed by atoms with van der Waals surface area (Å²) in [4.78, 5) is 1.05. The van der Waals surface area contributed by atoms with E-state index in [0.717, 1.165) is 10.9 Å². The van der Waals surface area contributed by atoms with Gasteiger partial charge in [0.15, 0.2) is 0 Å². The van der Waals surface area contributed by atoms with Gasteiger partial charge in [0.25, 0.3) is 0 Å². The normalized spacial score (nSPS) is 12.0. The number of benzene rings is 1. The number of hydrogen-bond acceptors (Lipinski definition) is 4. The molecule has 4 nitrogen and oxygen atoms in total. The van der Waals surface area contributed by atoms with Gasteiger partial charge in [-0.15, -0.1) is 11.3 Å². The summed E-state index contributed by atoms with van der Waals surface area (Å²) in [6.45, 7) is 0.386. The van der Waals surface area contributed by atoms with E-state index in [0.29, 0.717) is 18.5 Å². The molecule has 0 bridgehead atoms. The molecule has 0 aliphatic rings. The highest BCUT2D eigenvalue weighted by Crippen LogP contribution is 2.21. The fraction of sp³-hybridized carbons (Fsp3) is 0.286. The van der Waals surface area contributed by atoms with E-state index >= 15 is 0 Å². The van der Waals surface area contributed by atoms with Crippen molar-refractivity contribution in [2.45, 2.75) is 17.9 Å². The van der Waals surface area contributed by atoms with E-state index < -0.39 is 15.8 Å². The third kappa shape index (κ3) is 3.68. The molecule has 114 valence electrons. The fourth-order valence-corrected chi connectivity index (χ4v) is 4.06. The van der Waals surface area contributed by atoms with E-state index in [-0.39, 0.29) is 11.4 Å². The Kier molecular flexibility index (Phi) is 5.10. The highest BCUT2D eigenvalue weighted by molar-refractivity contribution is 7.89. The molecule has 0 radical (unpaired) electrons. The number of thiophene rings is 1. The van der Waals surface area contributed by atoms with Gasteiger partial charge >= 0.3 is 0 Å². The van der Waals surface area contributed by atoms with Crippen molar-refractivity contribution in [2.75, 3.05) is 13.6 Å². The van der Waals surface area contributed by atoms with E-state index in [4.69, 9.17) is 5.73 Å². The Labute approximate surface area is 128 Å². The van der Waals surface area contributed by atoms with Crippen LogP contribution in [-0.2, 0) is 23.0 Å². The molecule has 7 heteroatoms. The van der Waals surface area contributed by atoms with Crippen molar-refractivity contribution in [3.05, 3.63) is 52.0 Å². The largest absolute Gasteiger partial charge is 0.326 e. The Morgan fingerprint density at radius 1 is 1.33 bits per heavy atom. The number of halogens is 1. The molecule has 0 amide bonds. The molecule has 1 aromatic heterocycles. The van der Waals surface area contributed by atoms with Crippen molar-refractivity contribution < 1.29 is 12.8 Å². The molecule has 0 saturated heterocycles. The summed E-state index contributed by atoms with van der Waals surface area (Å²) in [6, 6.07) is 7.54. The van der Waals surface area contributed by atoms with Gasteiger partial charge in [-0.3, -0.25) is 0 Å². The molecule has 2 N–H and O–H groups in total. The van der Waals surface area contributed by atoms with Gasteiger partial charge in [0.1, 0.15) is 5.82 Å². The van der Waals surface area contributed by atoms with Crippen LogP contribution >= 0.6 is 11.3 Å². The summed E-state index contributed by atoms with van der Waals surface area (Å²) >= 11 is 1.58. The third-order valence-electron chi connectivity index (χ3n) is 3.19. The topological polar surface area (TPSA) is 63.4 Å². The van der Waals surface area contributed by atoms with Crippen molar-refractivity contribution in [1.82, 2.24) is 4.31 Å². The first-order chi connectivity index (χ1) is 9.95. The number of nitrogens with zero attached hydrogens (tertiary/aromatic N) is 1. The minimum atomic E-state index is -3.74. The summed E-state index contributed by atoms with van der Waals surface area (Å²) < 4.78 is 39.7. The summed E-state index contributed by atoms with van der Waals surface area (Å²) in [5.74, 6) is -0.586. The van der Waals surface area contributed by atoms with Gasteiger partial charge in [0, 0.05) is 25.0 Å². The molecule has 0 aliphatic heterocycles. The lowest BCUT2D eigenvalue weighted by Gasteiger charge is -2.18. The van der Waals surface area contributed by atoms with Crippen molar-refractivity contribution in [2.24, 2.45) is 5.73 Å². The molecule has 1 heterocycles. The smallest absolute Gasteiger partial charge is 0.243 e. The Bertz CT molecular complexity index is 700. The van der Waals surface area contributed by atoms with Crippen LogP contribution in [0.3, 0.4) is 0 Å². The Morgan fingerprint density at radius 2 is 2.10 bits per heavy atom. The molecule has 21 heavy (non-hydrogen) atoms. The van der Waals surface area contributed by atoms with E-state index in [9.17, 15) is 12.8 Å². The van der Waals surface area contributed by atoms with Crippen LogP contribution in [0.4, 0.5) is 4.39 Å². The third-order valence-corrected chi connectivity index (χ3v) is 6.07. The number of rotatable bonds is 6. The summed E-state index contributed by atoms with van der Waals surface area (Å²) in [5.41, 5.74) is 5.96. The summed E-state index contributed by atoms with van der Waals surface area (Å²) in [7, 11) is -2.25. The van der Waals surface area contributed by atoms with Gasteiger partial charge in [-0.05, 0) is 35.6 Å². The van der Waals surface area contributed by atoms with E-state index in [1.165, 1.54) is 23.5 Å². The number of likely N-dealkylation sites (N-methyl/N-ethyl adjacent to an activating group) is 1. The average Bonchev–Trinajstić information content (AvgIpc) is 2.97. The maximum absolute atomic E-state index is 13.4. The second kappa shape index (κ2) is 6.65. The molecule has 0 saturated carbocycles. The van der Waals surface area contributed by atoms with Crippen molar-refractivity contribution in [1.29, 1.82) is 0 Å². The van der Waals surface area contributed by atoms with Gasteiger partial charge in [-0.25, -0.2) is 17.1 Å². The zero-order chi connectivity index (χ0) is 15.5. The number of nitrogens with two attached hydrogens (primary N) is 1. The van der Waals surface area contributed by atoms with Gasteiger partial charge in [0.2, 0.25) is 10.0 Å². The highest BCUT2D eigenvalue weighted by Gasteiger charge is 2.24. The standard InChI is InChI=1S/C14H17FN2O2S2/c1-17(7-6-13-3-2-8-20-13)21(18,19)14-9-12(15)5-4-11(14)10-16/h2-5,8-9H,6-7,10,16H2,1H3. The molecule has 0 aliphatic carbocycles. The van der Waals surface area contributed by atoms with Gasteiger partial charge in [-0.1, -0.05) is 12.1 Å². The van der Waals surface area contributed by atoms with Crippen LogP contribution in [0.15, 0.2) is 40.6 Å². The van der Waals surface area contributed by atoms with E-state index in [1.54, 1.807) is 11.3 Å². The lowest BCUT2D eigenvalue weighted by Crippen LogP contribution is -2.30. The lowest BCUT2D eigenvalue weighted by molar-refractivity contribution is 0.471. The Balaban J connectivity index is 2.22. The number of sulfonamides is 1. The van der Waals surface area contributed by atoms with Gasteiger partial charge in [0.05, 0.1) is 4.90 Å². The quantitative estimate of drug-likeness (QED) is 0.884. The van der Waals surface area contributed by atoms with Crippen LogP contribution in [0, 0.1) is 5.82 Å². The highest BCUT2D eigenvalue weighted by atomic mass is 32.2. The van der Waals surface area contributed by atoms with Crippen molar-refractivity contribution in [3.63, 3.8) is 0 Å². The first kappa shape index (κ1) is 16.1. The Hall–Kier alpha value is -1.28. The van der Waals surface area contributed by atoms with Gasteiger partial charge in [-0.2, -0.15) is 0 Å². The van der Waals surface area contributed by atoms with Crippen LogP contribution in [0.25, 0.3) is 0 Å². The Morgan fingerprint density at radius 3 is 2.71 bits per heavy atom. The van der Waals surface area contributed by atoms with Crippen molar-refractivity contribution >= 4 is 21.4 Å². The minimum Gasteiger partial charge on any atom is -0.326 e. The monoisotopic (exact) mass is 328 g/mol. The van der Waals surface area contributed by atoms with Crippen LogP contribution in [0.2, 0.25) is 0 Å². The zero-order valence-corrected chi connectivity index (χ0v) is 13.3. The van der Waals surface area contributed by atoms with E-state index in [2.05, 4.69) is 0 Å². The van der Waals surface area contributed by atoms with Crippen LogP contribution < -0.4 is 5.73 Å². The number of hydrogen-bond donors (Lipinski definition) is 1. The van der Waals surface area contributed by atoms with Gasteiger partial charge < -0.3 is 5.73 Å². The molecule has 1 aromatic carbocycles. The van der Waals surface area contributed by atoms with E-state index in [1.807, 2.05) is 17.5 Å². The van der Waals surface area contributed by atoms with Crippen LogP contribution in [-0.4, -0.2) is 26.3 Å². The molecule has 0 fully saturated rings. The maximum atomic E-state index is 13.4. The maximum Gasteiger partial charge on any atom is 0.243 e.